The largest absolute Gasteiger partial charge is 0.445 e. The maximum atomic E-state index is 13.0. The minimum atomic E-state index is -3.65. The van der Waals surface area contributed by atoms with Crippen LogP contribution in [-0.2, 0) is 21.2 Å². The summed E-state index contributed by atoms with van der Waals surface area (Å²) in [6.45, 7) is 0.0626. The van der Waals surface area contributed by atoms with Crippen molar-refractivity contribution in [2.24, 2.45) is 0 Å². The molecule has 5 nitrogen and oxygen atoms in total. The van der Waals surface area contributed by atoms with Crippen molar-refractivity contribution < 1.29 is 17.9 Å². The molecule has 0 aliphatic rings. The second-order valence-corrected chi connectivity index (χ2v) is 8.91. The number of hydrogen-bond acceptors (Lipinski definition) is 5. The summed E-state index contributed by atoms with van der Waals surface area (Å²) in [5, 5.41) is 3.53. The lowest BCUT2D eigenvalue weighted by atomic mass is 10.2. The first kappa shape index (κ1) is 19.1. The normalized spacial score (nSPS) is 12.3. The number of rotatable bonds is 7. The van der Waals surface area contributed by atoms with Crippen molar-refractivity contribution in [1.29, 1.82) is 0 Å². The molecule has 3 aromatic rings. The number of carbonyl (C=O) groups excluding carboxylic acids is 1. The molecule has 0 spiro atoms. The van der Waals surface area contributed by atoms with E-state index in [1.54, 1.807) is 42.5 Å². The quantitative estimate of drug-likeness (QED) is 0.644. The van der Waals surface area contributed by atoms with Gasteiger partial charge >= 0.3 is 6.09 Å². The SMILES string of the molecule is O=C(NCC(c1cccs1)S(=O)(=O)c1ccccc1)OCc1ccccc1. The second-order valence-electron chi connectivity index (χ2n) is 5.80. The predicted octanol–water partition coefficient (Wildman–Crippen LogP) is 4.19. The first-order valence-corrected chi connectivity index (χ1v) is 10.8. The number of hydrogen-bond donors (Lipinski definition) is 1. The zero-order chi connectivity index (χ0) is 19.1. The molecule has 27 heavy (non-hydrogen) atoms. The monoisotopic (exact) mass is 401 g/mol. The van der Waals surface area contributed by atoms with Gasteiger partial charge in [-0.1, -0.05) is 54.6 Å². The Hall–Kier alpha value is -2.64. The molecule has 140 valence electrons. The van der Waals surface area contributed by atoms with Crippen LogP contribution < -0.4 is 5.32 Å². The number of benzene rings is 2. The van der Waals surface area contributed by atoms with Crippen LogP contribution in [-0.4, -0.2) is 21.1 Å². The Balaban J connectivity index is 1.69. The lowest BCUT2D eigenvalue weighted by Gasteiger charge is -2.17. The summed E-state index contributed by atoms with van der Waals surface area (Å²) < 4.78 is 31.2. The van der Waals surface area contributed by atoms with Crippen molar-refractivity contribution in [3.63, 3.8) is 0 Å². The van der Waals surface area contributed by atoms with Crippen molar-refractivity contribution in [3.05, 3.63) is 88.6 Å². The molecular formula is C20H19NO4S2. The topological polar surface area (TPSA) is 72.5 Å². The molecule has 0 aliphatic heterocycles. The molecule has 2 aromatic carbocycles. The van der Waals surface area contributed by atoms with Crippen LogP contribution in [0.3, 0.4) is 0 Å². The number of nitrogens with one attached hydrogen (secondary N) is 1. The molecule has 0 saturated carbocycles. The van der Waals surface area contributed by atoms with Gasteiger partial charge in [0, 0.05) is 11.4 Å². The van der Waals surface area contributed by atoms with Crippen LogP contribution in [0.1, 0.15) is 15.7 Å². The first-order valence-electron chi connectivity index (χ1n) is 8.34. The number of amides is 1. The summed E-state index contributed by atoms with van der Waals surface area (Å²) >= 11 is 1.34. The van der Waals surface area contributed by atoms with Crippen LogP contribution in [0.4, 0.5) is 4.79 Å². The standard InChI is InChI=1S/C20H19NO4S2/c22-20(25-15-16-8-3-1-4-9-16)21-14-19(18-12-7-13-26-18)27(23,24)17-10-5-2-6-11-17/h1-13,19H,14-15H2,(H,21,22). The van der Waals surface area contributed by atoms with Gasteiger partial charge in [-0.15, -0.1) is 11.3 Å². The van der Waals surface area contributed by atoms with Gasteiger partial charge in [-0.25, -0.2) is 13.2 Å². The van der Waals surface area contributed by atoms with Gasteiger partial charge in [0.05, 0.1) is 4.90 Å². The van der Waals surface area contributed by atoms with Crippen LogP contribution in [0.15, 0.2) is 83.1 Å². The summed E-state index contributed by atoms with van der Waals surface area (Å²) in [5.41, 5.74) is 0.861. The lowest BCUT2D eigenvalue weighted by Crippen LogP contribution is -2.32. The van der Waals surface area contributed by atoms with Crippen molar-refractivity contribution >= 4 is 27.3 Å². The second kappa shape index (κ2) is 8.83. The molecule has 3 rings (SSSR count). The van der Waals surface area contributed by atoms with E-state index >= 15 is 0 Å². The molecular weight excluding hydrogens is 382 g/mol. The van der Waals surface area contributed by atoms with E-state index in [0.29, 0.717) is 4.88 Å². The van der Waals surface area contributed by atoms with Crippen molar-refractivity contribution in [2.45, 2.75) is 16.8 Å². The third-order valence-corrected chi connectivity index (χ3v) is 7.19. The van der Waals surface area contributed by atoms with Crippen molar-refractivity contribution in [3.8, 4) is 0 Å². The van der Waals surface area contributed by atoms with Gasteiger partial charge in [-0.05, 0) is 29.1 Å². The zero-order valence-electron chi connectivity index (χ0n) is 14.4. The van der Waals surface area contributed by atoms with Crippen LogP contribution in [0.25, 0.3) is 0 Å². The summed E-state index contributed by atoms with van der Waals surface area (Å²) in [4.78, 5) is 12.9. The summed E-state index contributed by atoms with van der Waals surface area (Å²) in [6.07, 6.45) is -0.649. The van der Waals surface area contributed by atoms with E-state index in [0.717, 1.165) is 5.56 Å². The summed E-state index contributed by atoms with van der Waals surface area (Å²) in [7, 11) is -3.65. The van der Waals surface area contributed by atoms with Gasteiger partial charge in [0.2, 0.25) is 0 Å². The van der Waals surface area contributed by atoms with E-state index in [2.05, 4.69) is 5.32 Å². The number of carbonyl (C=O) groups is 1. The van der Waals surface area contributed by atoms with Gasteiger partial charge in [0.25, 0.3) is 0 Å². The Bertz CT molecular complexity index is 956. The minimum absolute atomic E-state index is 0.0641. The number of thiophene rings is 1. The van der Waals surface area contributed by atoms with Crippen LogP contribution in [0, 0.1) is 0 Å². The Morgan fingerprint density at radius 2 is 1.63 bits per heavy atom. The fraction of sp³-hybridized carbons (Fsp3) is 0.150. The summed E-state index contributed by atoms with van der Waals surface area (Å²) in [5.74, 6) is 0. The molecule has 1 amide bonds. The average Bonchev–Trinajstić information content (AvgIpc) is 3.22. The van der Waals surface area contributed by atoms with Gasteiger partial charge in [0.15, 0.2) is 9.84 Å². The number of sulfone groups is 1. The van der Waals surface area contributed by atoms with Gasteiger partial charge in [0.1, 0.15) is 11.9 Å². The van der Waals surface area contributed by atoms with E-state index in [-0.39, 0.29) is 18.0 Å². The van der Waals surface area contributed by atoms with E-state index in [1.165, 1.54) is 11.3 Å². The Morgan fingerprint density at radius 1 is 0.963 bits per heavy atom. The number of ether oxygens (including phenoxy) is 1. The van der Waals surface area contributed by atoms with Gasteiger partial charge in [-0.3, -0.25) is 0 Å². The molecule has 1 aromatic heterocycles. The molecule has 0 bridgehead atoms. The fourth-order valence-electron chi connectivity index (χ4n) is 2.56. The zero-order valence-corrected chi connectivity index (χ0v) is 16.1. The predicted molar refractivity (Wildman–Crippen MR) is 105 cm³/mol. The van der Waals surface area contributed by atoms with Crippen molar-refractivity contribution in [1.82, 2.24) is 5.32 Å². The minimum Gasteiger partial charge on any atom is -0.445 e. The maximum absolute atomic E-state index is 13.0. The lowest BCUT2D eigenvalue weighted by molar-refractivity contribution is 0.139. The van der Waals surface area contributed by atoms with Gasteiger partial charge in [-0.2, -0.15) is 0 Å². The maximum Gasteiger partial charge on any atom is 0.407 e. The van der Waals surface area contributed by atoms with E-state index < -0.39 is 21.2 Å². The highest BCUT2D eigenvalue weighted by Crippen LogP contribution is 2.31. The molecule has 0 saturated heterocycles. The van der Waals surface area contributed by atoms with Crippen LogP contribution >= 0.6 is 11.3 Å². The van der Waals surface area contributed by atoms with Crippen molar-refractivity contribution in [2.75, 3.05) is 6.54 Å². The average molecular weight is 402 g/mol. The third kappa shape index (κ3) is 4.96. The third-order valence-electron chi connectivity index (χ3n) is 3.95. The van der Waals surface area contributed by atoms with E-state index in [1.807, 2.05) is 35.7 Å². The Morgan fingerprint density at radius 3 is 2.26 bits per heavy atom. The fourth-order valence-corrected chi connectivity index (χ4v) is 5.37. The highest BCUT2D eigenvalue weighted by Gasteiger charge is 2.30. The van der Waals surface area contributed by atoms with Gasteiger partial charge < -0.3 is 10.1 Å². The highest BCUT2D eigenvalue weighted by atomic mass is 32.2. The smallest absolute Gasteiger partial charge is 0.407 e. The molecule has 1 atom stereocenters. The van der Waals surface area contributed by atoms with E-state index in [9.17, 15) is 13.2 Å². The molecule has 1 heterocycles. The Labute approximate surface area is 162 Å². The highest BCUT2D eigenvalue weighted by molar-refractivity contribution is 7.91. The molecule has 0 aliphatic carbocycles. The van der Waals surface area contributed by atoms with E-state index in [4.69, 9.17) is 4.74 Å². The first-order chi connectivity index (χ1) is 13.1. The number of alkyl carbamates (subject to hydrolysis) is 1. The van der Waals surface area contributed by atoms with Crippen LogP contribution in [0.2, 0.25) is 0 Å². The Kier molecular flexibility index (Phi) is 6.26. The molecule has 0 radical (unpaired) electrons. The molecule has 1 N–H and O–H groups in total. The molecule has 0 fully saturated rings. The molecule has 1 unspecified atom stereocenters. The summed E-state index contributed by atoms with van der Waals surface area (Å²) in [6, 6.07) is 21.1. The molecule has 7 heteroatoms. The van der Waals surface area contributed by atoms with Crippen LogP contribution in [0.5, 0.6) is 0 Å².